The van der Waals surface area contributed by atoms with E-state index in [-0.39, 0.29) is 5.91 Å². The van der Waals surface area contributed by atoms with Gasteiger partial charge in [-0.15, -0.1) is 11.3 Å². The number of nitrogens with zero attached hydrogens (tertiary/aromatic N) is 4. The maximum Gasteiger partial charge on any atom is 0.262 e. The number of benzene rings is 1. The highest BCUT2D eigenvalue weighted by molar-refractivity contribution is 7.22. The molecule has 10 heteroatoms. The molecule has 0 aliphatic heterocycles. The van der Waals surface area contributed by atoms with Crippen LogP contribution < -0.4 is 4.90 Å². The van der Waals surface area contributed by atoms with Gasteiger partial charge in [-0.2, -0.15) is 0 Å². The molecule has 0 fully saturated rings. The van der Waals surface area contributed by atoms with E-state index in [9.17, 15) is 4.79 Å². The van der Waals surface area contributed by atoms with Crippen LogP contribution in [-0.4, -0.2) is 27.0 Å². The van der Waals surface area contributed by atoms with Crippen molar-refractivity contribution in [2.75, 3.05) is 11.4 Å². The van der Waals surface area contributed by atoms with E-state index in [1.54, 1.807) is 23.5 Å². The van der Waals surface area contributed by atoms with Gasteiger partial charge in [-0.1, -0.05) is 46.1 Å². The lowest BCUT2D eigenvalue weighted by Crippen LogP contribution is -2.32. The Bertz CT molecular complexity index is 1170. The second-order valence-electron chi connectivity index (χ2n) is 6.41. The number of amides is 1. The average Bonchev–Trinajstić information content (AvgIpc) is 3.38. The van der Waals surface area contributed by atoms with Crippen LogP contribution in [-0.2, 0) is 6.54 Å². The van der Waals surface area contributed by atoms with E-state index in [2.05, 4.69) is 4.98 Å². The van der Waals surface area contributed by atoms with E-state index >= 15 is 0 Å². The third-order valence-corrected chi connectivity index (χ3v) is 7.09. The third-order valence-electron chi connectivity index (χ3n) is 4.36. The molecule has 4 rings (SSSR count). The predicted octanol–water partition coefficient (Wildman–Crippen LogP) is 6.56. The summed E-state index contributed by atoms with van der Waals surface area (Å²) in [5.74, 6) is -0.216. The van der Waals surface area contributed by atoms with Crippen LogP contribution in [0.4, 0.5) is 5.13 Å². The lowest BCUT2D eigenvalue weighted by atomic mass is 10.2. The molecule has 5 nitrogen and oxygen atoms in total. The van der Waals surface area contributed by atoms with Gasteiger partial charge in [0.05, 0.1) is 26.4 Å². The SMILES string of the molecule is Cc1cc(Cl)cc2sc(N(CCCn3ccnc3)C(=O)c3cc(Cl)sc3Cl)nc12. The Morgan fingerprint density at radius 3 is 2.72 bits per heavy atom. The van der Waals surface area contributed by atoms with Crippen molar-refractivity contribution in [2.45, 2.75) is 19.9 Å². The van der Waals surface area contributed by atoms with Gasteiger partial charge in [0.1, 0.15) is 4.34 Å². The molecular weight excluding hydrogens is 471 g/mol. The lowest BCUT2D eigenvalue weighted by molar-refractivity contribution is 0.0987. The molecule has 150 valence electrons. The van der Waals surface area contributed by atoms with Gasteiger partial charge in [-0.05, 0) is 37.1 Å². The van der Waals surface area contributed by atoms with Crippen molar-refractivity contribution in [1.29, 1.82) is 0 Å². The number of anilines is 1. The molecule has 0 aliphatic rings. The van der Waals surface area contributed by atoms with Gasteiger partial charge in [0.25, 0.3) is 5.91 Å². The first-order chi connectivity index (χ1) is 13.9. The zero-order valence-electron chi connectivity index (χ0n) is 15.2. The van der Waals surface area contributed by atoms with Gasteiger partial charge in [0.15, 0.2) is 5.13 Å². The molecule has 0 unspecified atom stereocenters. The van der Waals surface area contributed by atoms with Gasteiger partial charge < -0.3 is 4.57 Å². The number of fused-ring (bicyclic) bond motifs is 1. The van der Waals surface area contributed by atoms with Crippen LogP contribution in [0.1, 0.15) is 22.3 Å². The summed E-state index contributed by atoms with van der Waals surface area (Å²) >= 11 is 21.1. The monoisotopic (exact) mass is 484 g/mol. The molecular formula is C19H15Cl3N4OS2. The van der Waals surface area contributed by atoms with E-state index in [0.29, 0.717) is 30.9 Å². The van der Waals surface area contributed by atoms with Crippen molar-refractivity contribution in [1.82, 2.24) is 14.5 Å². The zero-order chi connectivity index (χ0) is 20.5. The van der Waals surface area contributed by atoms with E-state index in [0.717, 1.165) is 28.7 Å². The summed E-state index contributed by atoms with van der Waals surface area (Å²) < 4.78 is 3.76. The molecule has 0 N–H and O–H groups in total. The minimum atomic E-state index is -0.216. The van der Waals surface area contributed by atoms with Crippen LogP contribution in [0, 0.1) is 6.92 Å². The van der Waals surface area contributed by atoms with Gasteiger partial charge >= 0.3 is 0 Å². The second-order valence-corrected chi connectivity index (χ2v) is 10.1. The Morgan fingerprint density at radius 2 is 2.03 bits per heavy atom. The van der Waals surface area contributed by atoms with Crippen LogP contribution in [0.3, 0.4) is 0 Å². The molecule has 0 spiro atoms. The van der Waals surface area contributed by atoms with E-state index in [1.165, 1.54) is 22.7 Å². The largest absolute Gasteiger partial charge is 0.337 e. The first kappa shape index (κ1) is 20.6. The van der Waals surface area contributed by atoms with Crippen LogP contribution in [0.2, 0.25) is 13.7 Å². The van der Waals surface area contributed by atoms with Gasteiger partial charge in [-0.3, -0.25) is 9.69 Å². The van der Waals surface area contributed by atoms with Crippen LogP contribution in [0.5, 0.6) is 0 Å². The fourth-order valence-corrected chi connectivity index (χ4v) is 5.90. The van der Waals surface area contributed by atoms with Crippen LogP contribution in [0.25, 0.3) is 10.2 Å². The van der Waals surface area contributed by atoms with Gasteiger partial charge in [-0.25, -0.2) is 9.97 Å². The number of aromatic nitrogens is 3. The minimum Gasteiger partial charge on any atom is -0.337 e. The Hall–Kier alpha value is -1.64. The number of hydrogen-bond donors (Lipinski definition) is 0. The number of aryl methyl sites for hydroxylation is 2. The quantitative estimate of drug-likeness (QED) is 0.311. The summed E-state index contributed by atoms with van der Waals surface area (Å²) in [5.41, 5.74) is 2.20. The van der Waals surface area contributed by atoms with E-state index in [4.69, 9.17) is 39.8 Å². The molecule has 0 bridgehead atoms. The number of rotatable bonds is 6. The van der Waals surface area contributed by atoms with Crippen molar-refractivity contribution in [3.05, 3.63) is 61.7 Å². The molecule has 29 heavy (non-hydrogen) atoms. The molecule has 3 aromatic heterocycles. The number of imidazole rings is 1. The Labute approximate surface area is 190 Å². The second kappa shape index (κ2) is 8.62. The Morgan fingerprint density at radius 1 is 1.21 bits per heavy atom. The number of carbonyl (C=O) groups excluding carboxylic acids is 1. The third kappa shape index (κ3) is 4.44. The highest BCUT2D eigenvalue weighted by Crippen LogP contribution is 2.36. The molecule has 0 atom stereocenters. The zero-order valence-corrected chi connectivity index (χ0v) is 19.1. The van der Waals surface area contributed by atoms with Crippen molar-refractivity contribution >= 4 is 78.7 Å². The van der Waals surface area contributed by atoms with Crippen molar-refractivity contribution < 1.29 is 4.79 Å². The summed E-state index contributed by atoms with van der Waals surface area (Å²) in [6, 6.07) is 5.34. The molecule has 0 radical (unpaired) electrons. The molecule has 3 heterocycles. The van der Waals surface area contributed by atoms with Crippen molar-refractivity contribution in [3.8, 4) is 0 Å². The predicted molar refractivity (Wildman–Crippen MR) is 122 cm³/mol. The minimum absolute atomic E-state index is 0.216. The number of halogens is 3. The fraction of sp³-hybridized carbons (Fsp3) is 0.211. The van der Waals surface area contributed by atoms with Crippen molar-refractivity contribution in [3.63, 3.8) is 0 Å². The number of carbonyl (C=O) groups is 1. The normalized spacial score (nSPS) is 11.3. The molecule has 1 amide bonds. The highest BCUT2D eigenvalue weighted by atomic mass is 35.5. The highest BCUT2D eigenvalue weighted by Gasteiger charge is 2.25. The van der Waals surface area contributed by atoms with Gasteiger partial charge in [0, 0.05) is 30.5 Å². The Balaban J connectivity index is 1.68. The molecule has 1 aromatic carbocycles. The summed E-state index contributed by atoms with van der Waals surface area (Å²) in [7, 11) is 0. The van der Waals surface area contributed by atoms with Gasteiger partial charge in [0.2, 0.25) is 0 Å². The molecule has 0 saturated heterocycles. The Kier molecular flexibility index (Phi) is 6.13. The van der Waals surface area contributed by atoms with Crippen LogP contribution in [0.15, 0.2) is 36.9 Å². The molecule has 0 aliphatic carbocycles. The first-order valence-electron chi connectivity index (χ1n) is 8.71. The smallest absolute Gasteiger partial charge is 0.262 e. The summed E-state index contributed by atoms with van der Waals surface area (Å²) in [6.45, 7) is 3.17. The maximum atomic E-state index is 13.3. The van der Waals surface area contributed by atoms with Crippen molar-refractivity contribution in [2.24, 2.45) is 0 Å². The summed E-state index contributed by atoms with van der Waals surface area (Å²) in [4.78, 5) is 23.8. The molecule has 0 saturated carbocycles. The number of thiazole rings is 1. The lowest BCUT2D eigenvalue weighted by Gasteiger charge is -2.19. The topological polar surface area (TPSA) is 51.0 Å². The maximum absolute atomic E-state index is 13.3. The average molecular weight is 486 g/mol. The van der Waals surface area contributed by atoms with E-state index in [1.807, 2.05) is 29.8 Å². The summed E-state index contributed by atoms with van der Waals surface area (Å²) in [5, 5.41) is 1.26. The number of hydrogen-bond acceptors (Lipinski definition) is 5. The molecule has 4 aromatic rings. The fourth-order valence-electron chi connectivity index (χ4n) is 3.00. The summed E-state index contributed by atoms with van der Waals surface area (Å²) in [6.07, 6.45) is 6.11. The standard InChI is InChI=1S/C19H15Cl3N4OS2/c1-11-7-12(20)8-14-16(11)24-19(28-14)26(5-2-4-25-6-3-23-10-25)18(27)13-9-15(21)29-17(13)22/h3,6-10H,2,4-5H2,1H3. The van der Waals surface area contributed by atoms with Crippen LogP contribution >= 0.6 is 57.5 Å². The number of thiophene rings is 1. The first-order valence-corrected chi connectivity index (χ1v) is 11.5. The van der Waals surface area contributed by atoms with E-state index < -0.39 is 0 Å².